The molecule has 0 aromatic carbocycles. The number of ether oxygens (including phenoxy) is 1. The minimum Gasteiger partial charge on any atom is -0.437 e. The van der Waals surface area contributed by atoms with E-state index in [4.69, 9.17) is 27.9 Å². The summed E-state index contributed by atoms with van der Waals surface area (Å²) in [5.74, 6) is 1.01. The van der Waals surface area contributed by atoms with E-state index in [1.54, 1.807) is 24.7 Å². The summed E-state index contributed by atoms with van der Waals surface area (Å²) in [6.45, 7) is 3.73. The lowest BCUT2D eigenvalue weighted by atomic mass is 10.2. The molecule has 20 heavy (non-hydrogen) atoms. The molecule has 0 saturated carbocycles. The van der Waals surface area contributed by atoms with E-state index in [1.165, 1.54) is 0 Å². The van der Waals surface area contributed by atoms with Gasteiger partial charge < -0.3 is 10.1 Å². The van der Waals surface area contributed by atoms with Crippen LogP contribution in [-0.4, -0.2) is 16.5 Å². The highest BCUT2D eigenvalue weighted by atomic mass is 35.5. The molecule has 6 heteroatoms. The van der Waals surface area contributed by atoms with E-state index in [0.29, 0.717) is 28.2 Å². The normalized spacial score (nSPS) is 10.6. The van der Waals surface area contributed by atoms with Gasteiger partial charge >= 0.3 is 0 Å². The number of rotatable bonds is 6. The highest BCUT2D eigenvalue weighted by molar-refractivity contribution is 6.31. The molecule has 106 valence electrons. The fourth-order valence-corrected chi connectivity index (χ4v) is 1.95. The fraction of sp³-hybridized carbons (Fsp3) is 0.286. The van der Waals surface area contributed by atoms with Gasteiger partial charge in [-0.25, -0.2) is 4.98 Å². The Morgan fingerprint density at radius 3 is 2.80 bits per heavy atom. The Kier molecular flexibility index (Phi) is 5.59. The van der Waals surface area contributed by atoms with Crippen molar-refractivity contribution in [1.29, 1.82) is 0 Å². The minimum atomic E-state index is 0.465. The number of halogens is 2. The molecule has 0 unspecified atom stereocenters. The molecular formula is C14H15Cl2N3O. The first-order valence-corrected chi connectivity index (χ1v) is 7.08. The summed E-state index contributed by atoms with van der Waals surface area (Å²) in [6.07, 6.45) is 5.78. The lowest BCUT2D eigenvalue weighted by molar-refractivity contribution is 0.459. The van der Waals surface area contributed by atoms with Gasteiger partial charge in [-0.05, 0) is 18.5 Å². The molecule has 0 bridgehead atoms. The van der Waals surface area contributed by atoms with E-state index < -0.39 is 0 Å². The van der Waals surface area contributed by atoms with Crippen LogP contribution < -0.4 is 10.1 Å². The average molecular weight is 312 g/mol. The molecular weight excluding hydrogens is 297 g/mol. The smallest absolute Gasteiger partial charge is 0.219 e. The molecule has 0 atom stereocenters. The van der Waals surface area contributed by atoms with Gasteiger partial charge in [0.05, 0.1) is 16.2 Å². The molecule has 0 aliphatic carbocycles. The molecule has 0 radical (unpaired) electrons. The number of nitrogens with one attached hydrogen (secondary N) is 1. The lowest BCUT2D eigenvalue weighted by Gasteiger charge is -2.09. The van der Waals surface area contributed by atoms with Gasteiger partial charge in [0, 0.05) is 31.1 Å². The minimum absolute atomic E-state index is 0.465. The fourth-order valence-electron chi connectivity index (χ4n) is 1.62. The molecule has 2 heterocycles. The summed E-state index contributed by atoms with van der Waals surface area (Å²) >= 11 is 12.0. The Balaban J connectivity index is 2.10. The van der Waals surface area contributed by atoms with Crippen LogP contribution in [0.1, 0.15) is 18.9 Å². The Hall–Kier alpha value is -1.36. The molecule has 4 nitrogen and oxygen atoms in total. The van der Waals surface area contributed by atoms with E-state index >= 15 is 0 Å². The SMILES string of the molecule is CCCNCc1cc(Oc2cncc(Cl)c2)ncc1Cl. The van der Waals surface area contributed by atoms with Gasteiger partial charge in [-0.1, -0.05) is 30.1 Å². The van der Waals surface area contributed by atoms with Crippen LogP contribution in [0.4, 0.5) is 0 Å². The summed E-state index contributed by atoms with van der Waals surface area (Å²) in [5.41, 5.74) is 0.945. The van der Waals surface area contributed by atoms with Crippen molar-refractivity contribution in [1.82, 2.24) is 15.3 Å². The first-order valence-electron chi connectivity index (χ1n) is 6.32. The molecule has 0 saturated heterocycles. The van der Waals surface area contributed by atoms with Crippen molar-refractivity contribution in [3.05, 3.63) is 46.3 Å². The van der Waals surface area contributed by atoms with Gasteiger partial charge in [-0.15, -0.1) is 0 Å². The van der Waals surface area contributed by atoms with Crippen LogP contribution in [0.5, 0.6) is 11.6 Å². The van der Waals surface area contributed by atoms with Crippen LogP contribution in [0.2, 0.25) is 10.0 Å². The Morgan fingerprint density at radius 1 is 1.20 bits per heavy atom. The van der Waals surface area contributed by atoms with Crippen molar-refractivity contribution in [2.24, 2.45) is 0 Å². The molecule has 1 N–H and O–H groups in total. The van der Waals surface area contributed by atoms with Crippen molar-refractivity contribution in [3.8, 4) is 11.6 Å². The number of nitrogens with zero attached hydrogens (tertiary/aromatic N) is 2. The maximum absolute atomic E-state index is 6.11. The molecule has 0 fully saturated rings. The number of hydrogen-bond donors (Lipinski definition) is 1. The van der Waals surface area contributed by atoms with Crippen LogP contribution in [-0.2, 0) is 6.54 Å². The molecule has 0 amide bonds. The topological polar surface area (TPSA) is 47.0 Å². The third kappa shape index (κ3) is 4.34. The van der Waals surface area contributed by atoms with E-state index in [9.17, 15) is 0 Å². The van der Waals surface area contributed by atoms with E-state index in [2.05, 4.69) is 22.2 Å². The van der Waals surface area contributed by atoms with Crippen molar-refractivity contribution in [3.63, 3.8) is 0 Å². The summed E-state index contributed by atoms with van der Waals surface area (Å²) in [5, 5.41) is 4.42. The first-order chi connectivity index (χ1) is 9.69. The van der Waals surface area contributed by atoms with Crippen molar-refractivity contribution in [2.75, 3.05) is 6.54 Å². The maximum Gasteiger partial charge on any atom is 0.219 e. The summed E-state index contributed by atoms with van der Waals surface area (Å²) in [6, 6.07) is 3.49. The zero-order valence-corrected chi connectivity index (χ0v) is 12.6. The number of pyridine rings is 2. The van der Waals surface area contributed by atoms with Crippen LogP contribution >= 0.6 is 23.2 Å². The van der Waals surface area contributed by atoms with Crippen LogP contribution in [0.3, 0.4) is 0 Å². The van der Waals surface area contributed by atoms with E-state index in [1.807, 2.05) is 6.07 Å². The Morgan fingerprint density at radius 2 is 2.05 bits per heavy atom. The van der Waals surface area contributed by atoms with Crippen LogP contribution in [0.15, 0.2) is 30.7 Å². The highest BCUT2D eigenvalue weighted by Gasteiger charge is 2.06. The van der Waals surface area contributed by atoms with Gasteiger partial charge in [0.25, 0.3) is 0 Å². The second-order valence-electron chi connectivity index (χ2n) is 4.23. The van der Waals surface area contributed by atoms with Crippen molar-refractivity contribution >= 4 is 23.2 Å². The highest BCUT2D eigenvalue weighted by Crippen LogP contribution is 2.24. The molecule has 2 aromatic rings. The third-order valence-electron chi connectivity index (χ3n) is 2.55. The van der Waals surface area contributed by atoms with Gasteiger partial charge in [-0.2, -0.15) is 0 Å². The van der Waals surface area contributed by atoms with Gasteiger partial charge in [0.1, 0.15) is 5.75 Å². The predicted octanol–water partition coefficient (Wildman–Crippen LogP) is 4.08. The number of aromatic nitrogens is 2. The summed E-state index contributed by atoms with van der Waals surface area (Å²) < 4.78 is 5.62. The summed E-state index contributed by atoms with van der Waals surface area (Å²) in [4.78, 5) is 8.10. The monoisotopic (exact) mass is 311 g/mol. The first kappa shape index (κ1) is 15.0. The Bertz CT molecular complexity index is 578. The van der Waals surface area contributed by atoms with Crippen LogP contribution in [0, 0.1) is 0 Å². The molecule has 2 rings (SSSR count). The number of hydrogen-bond acceptors (Lipinski definition) is 4. The van der Waals surface area contributed by atoms with Crippen molar-refractivity contribution < 1.29 is 4.74 Å². The second-order valence-corrected chi connectivity index (χ2v) is 5.08. The molecule has 0 spiro atoms. The summed E-state index contributed by atoms with van der Waals surface area (Å²) in [7, 11) is 0. The quantitative estimate of drug-likeness (QED) is 0.817. The predicted molar refractivity (Wildman–Crippen MR) is 80.6 cm³/mol. The zero-order chi connectivity index (χ0) is 14.4. The molecule has 2 aromatic heterocycles. The Labute approximate surface area is 128 Å². The van der Waals surface area contributed by atoms with Crippen molar-refractivity contribution in [2.45, 2.75) is 19.9 Å². The van der Waals surface area contributed by atoms with E-state index in [0.717, 1.165) is 18.5 Å². The maximum atomic E-state index is 6.11. The zero-order valence-electron chi connectivity index (χ0n) is 11.1. The standard InChI is InChI=1S/C14H15Cl2N3O/c1-2-3-17-6-10-4-14(19-9-13(10)16)20-12-5-11(15)7-18-8-12/h4-5,7-9,17H,2-3,6H2,1H3. The largest absolute Gasteiger partial charge is 0.437 e. The van der Waals surface area contributed by atoms with Gasteiger partial charge in [-0.3, -0.25) is 4.98 Å². The lowest BCUT2D eigenvalue weighted by Crippen LogP contribution is -2.14. The molecule has 0 aliphatic heterocycles. The van der Waals surface area contributed by atoms with Gasteiger partial charge in [0.2, 0.25) is 5.88 Å². The second kappa shape index (κ2) is 7.43. The van der Waals surface area contributed by atoms with Crippen LogP contribution in [0.25, 0.3) is 0 Å². The van der Waals surface area contributed by atoms with E-state index in [-0.39, 0.29) is 0 Å². The van der Waals surface area contributed by atoms with Gasteiger partial charge in [0.15, 0.2) is 0 Å². The average Bonchev–Trinajstić information content (AvgIpc) is 2.42. The third-order valence-corrected chi connectivity index (χ3v) is 3.10. The molecule has 0 aliphatic rings.